The number of benzene rings is 1. The van der Waals surface area contributed by atoms with E-state index >= 15 is 0 Å². The van der Waals surface area contributed by atoms with Crippen LogP contribution in [0.15, 0.2) is 46.1 Å². The molecule has 126 valence electrons. The van der Waals surface area contributed by atoms with Crippen LogP contribution in [0.25, 0.3) is 21.7 Å². The Morgan fingerprint density at radius 2 is 1.88 bits per heavy atom. The molecule has 0 spiro atoms. The molecule has 0 saturated heterocycles. The highest BCUT2D eigenvalue weighted by Gasteiger charge is 2.20. The average molecular weight is 368 g/mol. The molecular weight excluding hydrogens is 352 g/mol. The molecule has 3 aromatic heterocycles. The fourth-order valence-electron chi connectivity index (χ4n) is 2.55. The van der Waals surface area contributed by atoms with Crippen molar-refractivity contribution in [1.82, 2.24) is 20.2 Å². The second kappa shape index (κ2) is 6.57. The van der Waals surface area contributed by atoms with Gasteiger partial charge in [-0.2, -0.15) is 0 Å². The van der Waals surface area contributed by atoms with E-state index in [0.29, 0.717) is 11.8 Å². The van der Waals surface area contributed by atoms with Crippen LogP contribution < -0.4 is 0 Å². The molecule has 0 aliphatic heterocycles. The molecule has 1 atom stereocenters. The molecule has 4 aromatic rings. The molecule has 0 amide bonds. The SMILES string of the molecule is Cc1sc2ncnc(SC(C)c3nnc(-c4ccccc4)o3)c2c1C. The minimum atomic E-state index is 0.00247. The minimum absolute atomic E-state index is 0.00247. The topological polar surface area (TPSA) is 64.7 Å². The number of aryl methyl sites for hydroxylation is 2. The number of fused-ring (bicyclic) bond motifs is 1. The van der Waals surface area contributed by atoms with E-state index in [2.05, 4.69) is 40.9 Å². The van der Waals surface area contributed by atoms with Crippen LogP contribution in [0.5, 0.6) is 0 Å². The molecule has 0 bridgehead atoms. The Balaban J connectivity index is 1.63. The third kappa shape index (κ3) is 3.05. The molecule has 3 heterocycles. The van der Waals surface area contributed by atoms with Crippen molar-refractivity contribution < 1.29 is 4.42 Å². The maximum atomic E-state index is 5.87. The Morgan fingerprint density at radius 3 is 2.68 bits per heavy atom. The highest BCUT2D eigenvalue weighted by atomic mass is 32.2. The van der Waals surface area contributed by atoms with Crippen molar-refractivity contribution in [1.29, 1.82) is 0 Å². The number of aromatic nitrogens is 4. The third-order valence-electron chi connectivity index (χ3n) is 4.03. The summed E-state index contributed by atoms with van der Waals surface area (Å²) >= 11 is 3.32. The summed E-state index contributed by atoms with van der Waals surface area (Å²) in [6, 6.07) is 9.79. The standard InChI is InChI=1S/C18H16N4OS2/c1-10-11(2)24-17-14(10)18(20-9-19-17)25-12(3)15-21-22-16(23-15)13-7-5-4-6-8-13/h4-9,12H,1-3H3. The highest BCUT2D eigenvalue weighted by Crippen LogP contribution is 2.40. The molecule has 0 saturated carbocycles. The molecule has 0 N–H and O–H groups in total. The van der Waals surface area contributed by atoms with Crippen molar-refractivity contribution in [3.8, 4) is 11.5 Å². The quantitative estimate of drug-likeness (QED) is 0.364. The summed E-state index contributed by atoms with van der Waals surface area (Å²) in [5.41, 5.74) is 2.16. The lowest BCUT2D eigenvalue weighted by molar-refractivity contribution is 0.509. The maximum Gasteiger partial charge on any atom is 0.247 e. The molecule has 0 radical (unpaired) electrons. The molecule has 7 heteroatoms. The van der Waals surface area contributed by atoms with E-state index in [-0.39, 0.29) is 5.25 Å². The number of hydrogen-bond donors (Lipinski definition) is 0. The van der Waals surface area contributed by atoms with E-state index in [9.17, 15) is 0 Å². The third-order valence-corrected chi connectivity index (χ3v) is 6.23. The molecule has 1 unspecified atom stereocenters. The van der Waals surface area contributed by atoms with Crippen LogP contribution in [0.3, 0.4) is 0 Å². The van der Waals surface area contributed by atoms with Gasteiger partial charge in [-0.1, -0.05) is 30.0 Å². The van der Waals surface area contributed by atoms with E-state index in [4.69, 9.17) is 4.42 Å². The second-order valence-corrected chi connectivity index (χ2v) is 8.25. The first-order valence-electron chi connectivity index (χ1n) is 7.89. The predicted molar refractivity (Wildman–Crippen MR) is 101 cm³/mol. The van der Waals surface area contributed by atoms with Crippen molar-refractivity contribution in [3.63, 3.8) is 0 Å². The van der Waals surface area contributed by atoms with Gasteiger partial charge in [0.05, 0.1) is 5.25 Å². The van der Waals surface area contributed by atoms with E-state index in [1.54, 1.807) is 29.4 Å². The van der Waals surface area contributed by atoms with Gasteiger partial charge in [0.15, 0.2) is 0 Å². The largest absolute Gasteiger partial charge is 0.419 e. The van der Waals surface area contributed by atoms with Crippen LogP contribution >= 0.6 is 23.1 Å². The number of nitrogens with zero attached hydrogens (tertiary/aromatic N) is 4. The van der Waals surface area contributed by atoms with Crippen LogP contribution in [0.1, 0.15) is 28.5 Å². The molecule has 4 rings (SSSR count). The van der Waals surface area contributed by atoms with Gasteiger partial charge in [0.1, 0.15) is 16.2 Å². The summed E-state index contributed by atoms with van der Waals surface area (Å²) in [6.45, 7) is 6.28. The monoisotopic (exact) mass is 368 g/mol. The molecule has 0 aliphatic carbocycles. The average Bonchev–Trinajstić information content (AvgIpc) is 3.22. The summed E-state index contributed by atoms with van der Waals surface area (Å²) in [5.74, 6) is 1.14. The first kappa shape index (κ1) is 16.2. The zero-order valence-corrected chi connectivity index (χ0v) is 15.7. The van der Waals surface area contributed by atoms with E-state index < -0.39 is 0 Å². The lowest BCUT2D eigenvalue weighted by atomic mass is 10.2. The van der Waals surface area contributed by atoms with E-state index in [1.165, 1.54) is 10.4 Å². The zero-order chi connectivity index (χ0) is 17.4. The minimum Gasteiger partial charge on any atom is -0.419 e. The first-order valence-corrected chi connectivity index (χ1v) is 9.59. The Hall–Kier alpha value is -2.25. The van der Waals surface area contributed by atoms with Gasteiger partial charge in [-0.05, 0) is 38.5 Å². The predicted octanol–water partition coefficient (Wildman–Crippen LogP) is 5.21. The number of thiophene rings is 1. The van der Waals surface area contributed by atoms with Crippen molar-refractivity contribution in [2.45, 2.75) is 31.0 Å². The van der Waals surface area contributed by atoms with Crippen molar-refractivity contribution >= 4 is 33.3 Å². The van der Waals surface area contributed by atoms with Gasteiger partial charge in [0.25, 0.3) is 0 Å². The van der Waals surface area contributed by atoms with E-state index in [1.807, 2.05) is 30.3 Å². The first-order chi connectivity index (χ1) is 12.1. The molecule has 0 fully saturated rings. The normalized spacial score (nSPS) is 12.6. The molecule has 1 aromatic carbocycles. The second-order valence-electron chi connectivity index (χ2n) is 5.71. The van der Waals surface area contributed by atoms with Gasteiger partial charge in [0.2, 0.25) is 11.8 Å². The van der Waals surface area contributed by atoms with Gasteiger partial charge in [-0.3, -0.25) is 0 Å². The molecular formula is C18H16N4OS2. The number of thioether (sulfide) groups is 1. The summed E-state index contributed by atoms with van der Waals surface area (Å²) in [6.07, 6.45) is 1.62. The zero-order valence-electron chi connectivity index (χ0n) is 14.1. The smallest absolute Gasteiger partial charge is 0.247 e. The van der Waals surface area contributed by atoms with Crippen molar-refractivity contribution in [3.05, 3.63) is 53.0 Å². The lowest BCUT2D eigenvalue weighted by Gasteiger charge is -2.07. The van der Waals surface area contributed by atoms with Crippen LogP contribution in [0.2, 0.25) is 0 Å². The fraction of sp³-hybridized carbons (Fsp3) is 0.222. The molecule has 25 heavy (non-hydrogen) atoms. The van der Waals surface area contributed by atoms with Crippen LogP contribution in [-0.4, -0.2) is 20.2 Å². The maximum absolute atomic E-state index is 5.87. The summed E-state index contributed by atoms with van der Waals surface area (Å²) in [4.78, 5) is 11.2. The number of rotatable bonds is 4. The molecule has 0 aliphatic rings. The van der Waals surface area contributed by atoms with E-state index in [0.717, 1.165) is 20.8 Å². The Bertz CT molecular complexity index is 1030. The van der Waals surface area contributed by atoms with Crippen LogP contribution in [0.4, 0.5) is 0 Å². The fourth-order valence-corrected chi connectivity index (χ4v) is 4.62. The lowest BCUT2D eigenvalue weighted by Crippen LogP contribution is -1.92. The summed E-state index contributed by atoms with van der Waals surface area (Å²) in [5, 5.41) is 10.5. The van der Waals surface area contributed by atoms with Crippen LogP contribution in [-0.2, 0) is 0 Å². The van der Waals surface area contributed by atoms with Gasteiger partial charge >= 0.3 is 0 Å². The Kier molecular flexibility index (Phi) is 4.27. The van der Waals surface area contributed by atoms with Gasteiger partial charge in [-0.25, -0.2) is 9.97 Å². The molecule has 5 nitrogen and oxygen atoms in total. The van der Waals surface area contributed by atoms with Crippen molar-refractivity contribution in [2.24, 2.45) is 0 Å². The van der Waals surface area contributed by atoms with Crippen LogP contribution in [0, 0.1) is 13.8 Å². The van der Waals surface area contributed by atoms with Gasteiger partial charge in [-0.15, -0.1) is 21.5 Å². The highest BCUT2D eigenvalue weighted by molar-refractivity contribution is 7.99. The Morgan fingerprint density at radius 1 is 1.08 bits per heavy atom. The number of hydrogen-bond acceptors (Lipinski definition) is 7. The Labute approximate surface area is 153 Å². The summed E-state index contributed by atoms with van der Waals surface area (Å²) in [7, 11) is 0. The van der Waals surface area contributed by atoms with Gasteiger partial charge < -0.3 is 4.42 Å². The van der Waals surface area contributed by atoms with Gasteiger partial charge in [0, 0.05) is 15.8 Å². The van der Waals surface area contributed by atoms with Crippen molar-refractivity contribution in [2.75, 3.05) is 0 Å². The summed E-state index contributed by atoms with van der Waals surface area (Å²) < 4.78 is 5.87.